The Hall–Kier alpha value is -2.43. The van der Waals surface area contributed by atoms with Gasteiger partial charge in [0.2, 0.25) is 5.82 Å². The van der Waals surface area contributed by atoms with Gasteiger partial charge in [-0.25, -0.2) is 8.78 Å². The summed E-state index contributed by atoms with van der Waals surface area (Å²) in [5.74, 6) is -2.99. The Morgan fingerprint density at radius 3 is 2.15 bits per heavy atom. The summed E-state index contributed by atoms with van der Waals surface area (Å²) < 4.78 is 48.0. The van der Waals surface area contributed by atoms with Crippen molar-refractivity contribution < 1.29 is 17.9 Å². The molecule has 0 amide bonds. The number of hydrogen-bond donors (Lipinski definition) is 0. The van der Waals surface area contributed by atoms with Crippen LogP contribution in [0.2, 0.25) is 0 Å². The van der Waals surface area contributed by atoms with Gasteiger partial charge in [-0.2, -0.15) is 4.39 Å². The molecule has 0 aromatic heterocycles. The van der Waals surface area contributed by atoms with Crippen molar-refractivity contribution in [1.29, 1.82) is 0 Å². The molecule has 2 aromatic carbocycles. The van der Waals surface area contributed by atoms with Crippen LogP contribution in [0, 0.1) is 17.5 Å². The zero-order valence-corrected chi connectivity index (χ0v) is 16.1. The van der Waals surface area contributed by atoms with E-state index in [0.717, 1.165) is 25.9 Å². The molecule has 146 valence electrons. The first-order chi connectivity index (χ1) is 13.0. The Bertz CT molecular complexity index is 783. The number of hydrogen-bond acceptors (Lipinski definition) is 2. The molecule has 27 heavy (non-hydrogen) atoms. The van der Waals surface area contributed by atoms with Gasteiger partial charge in [0.15, 0.2) is 11.6 Å². The molecule has 0 atom stereocenters. The zero-order chi connectivity index (χ0) is 19.8. The second-order valence-electron chi connectivity index (χ2n) is 6.26. The molecule has 0 N–H and O–H groups in total. The van der Waals surface area contributed by atoms with Gasteiger partial charge >= 0.3 is 0 Å². The van der Waals surface area contributed by atoms with Crippen LogP contribution in [0.4, 0.5) is 13.2 Å². The van der Waals surface area contributed by atoms with Crippen molar-refractivity contribution in [3.63, 3.8) is 0 Å². The second-order valence-corrected chi connectivity index (χ2v) is 6.26. The van der Waals surface area contributed by atoms with E-state index in [1.807, 2.05) is 12.3 Å². The summed E-state index contributed by atoms with van der Waals surface area (Å²) in [7, 11) is 0. The molecule has 0 spiro atoms. The summed E-state index contributed by atoms with van der Waals surface area (Å²) in [6.45, 7) is 7.98. The fourth-order valence-corrected chi connectivity index (χ4v) is 2.89. The van der Waals surface area contributed by atoms with E-state index in [-0.39, 0.29) is 23.5 Å². The Morgan fingerprint density at radius 1 is 0.889 bits per heavy atom. The third-order valence-corrected chi connectivity index (χ3v) is 4.13. The fraction of sp³-hybridized carbons (Fsp3) is 0.364. The lowest BCUT2D eigenvalue weighted by Crippen LogP contribution is -2.18. The molecule has 0 aliphatic heterocycles. The van der Waals surface area contributed by atoms with E-state index in [9.17, 15) is 13.2 Å². The maximum absolute atomic E-state index is 14.5. The topological polar surface area (TPSA) is 12.5 Å². The summed E-state index contributed by atoms with van der Waals surface area (Å²) in [6.07, 6.45) is 5.83. The van der Waals surface area contributed by atoms with Gasteiger partial charge in [-0.05, 0) is 55.8 Å². The van der Waals surface area contributed by atoms with Crippen LogP contribution < -0.4 is 4.74 Å². The molecular formula is C22H26F3NO. The van der Waals surface area contributed by atoms with Crippen LogP contribution in [-0.4, -0.2) is 24.6 Å². The van der Waals surface area contributed by atoms with Crippen LogP contribution in [0.3, 0.4) is 0 Å². The number of halogens is 3. The van der Waals surface area contributed by atoms with E-state index in [1.54, 1.807) is 13.0 Å². The monoisotopic (exact) mass is 377 g/mol. The number of rotatable bonds is 9. The second kappa shape index (κ2) is 10.0. The van der Waals surface area contributed by atoms with Crippen LogP contribution >= 0.6 is 0 Å². The fourth-order valence-electron chi connectivity index (χ4n) is 2.89. The lowest BCUT2D eigenvalue weighted by molar-refractivity contribution is 0.314. The largest absolute Gasteiger partial charge is 0.491 e. The standard InChI is InChI=1S/C22H26F3NO/c1-4-12-26(13-5-2)14-11-16-7-8-17(19(23)15-16)18-9-10-20(27-6-3)22(25)21(18)24/h7-11,14-15H,4-6,12-13H2,1-3H3/b14-11+. The van der Waals surface area contributed by atoms with Gasteiger partial charge in [0.05, 0.1) is 6.61 Å². The molecule has 0 radical (unpaired) electrons. The van der Waals surface area contributed by atoms with Crippen LogP contribution in [-0.2, 0) is 0 Å². The molecule has 0 saturated heterocycles. The van der Waals surface area contributed by atoms with Crippen molar-refractivity contribution in [2.75, 3.05) is 19.7 Å². The van der Waals surface area contributed by atoms with Gasteiger partial charge in [-0.1, -0.05) is 26.0 Å². The van der Waals surface area contributed by atoms with Gasteiger partial charge in [-0.3, -0.25) is 0 Å². The summed E-state index contributed by atoms with van der Waals surface area (Å²) in [6, 6.07) is 7.14. The predicted molar refractivity (Wildman–Crippen MR) is 104 cm³/mol. The lowest BCUT2D eigenvalue weighted by Gasteiger charge is -2.18. The van der Waals surface area contributed by atoms with Crippen molar-refractivity contribution in [3.05, 3.63) is 59.5 Å². The molecule has 0 unspecified atom stereocenters. The highest BCUT2D eigenvalue weighted by atomic mass is 19.2. The Balaban J connectivity index is 2.28. The van der Waals surface area contributed by atoms with E-state index in [4.69, 9.17) is 4.74 Å². The van der Waals surface area contributed by atoms with E-state index >= 15 is 0 Å². The van der Waals surface area contributed by atoms with Crippen LogP contribution in [0.5, 0.6) is 5.75 Å². The molecule has 2 rings (SSSR count). The van der Waals surface area contributed by atoms with Gasteiger partial charge in [0, 0.05) is 24.2 Å². The molecule has 0 heterocycles. The summed E-state index contributed by atoms with van der Waals surface area (Å²) in [5, 5.41) is 0. The minimum absolute atomic E-state index is 0.0190. The van der Waals surface area contributed by atoms with Crippen molar-refractivity contribution in [3.8, 4) is 16.9 Å². The van der Waals surface area contributed by atoms with Gasteiger partial charge in [0.1, 0.15) is 5.82 Å². The average molecular weight is 377 g/mol. The zero-order valence-electron chi connectivity index (χ0n) is 16.1. The van der Waals surface area contributed by atoms with Crippen LogP contribution in [0.1, 0.15) is 39.2 Å². The minimum atomic E-state index is -1.11. The maximum Gasteiger partial charge on any atom is 0.201 e. The van der Waals surface area contributed by atoms with Gasteiger partial charge in [-0.15, -0.1) is 0 Å². The van der Waals surface area contributed by atoms with Crippen molar-refractivity contribution in [1.82, 2.24) is 4.90 Å². The number of ether oxygens (including phenoxy) is 1. The van der Waals surface area contributed by atoms with Gasteiger partial charge in [0.25, 0.3) is 0 Å². The highest BCUT2D eigenvalue weighted by molar-refractivity contribution is 5.68. The molecule has 2 aromatic rings. The molecule has 0 bridgehead atoms. The maximum atomic E-state index is 14.5. The summed E-state index contributed by atoms with van der Waals surface area (Å²) in [5.41, 5.74) is 0.563. The third kappa shape index (κ3) is 5.28. The Kier molecular flexibility index (Phi) is 7.77. The SMILES string of the molecule is CCCN(/C=C/c1ccc(-c2ccc(OCC)c(F)c2F)c(F)c1)CCC. The van der Waals surface area contributed by atoms with Crippen LogP contribution in [0.25, 0.3) is 17.2 Å². The first-order valence-corrected chi connectivity index (χ1v) is 9.34. The van der Waals surface area contributed by atoms with Crippen molar-refractivity contribution in [2.45, 2.75) is 33.6 Å². The van der Waals surface area contributed by atoms with Gasteiger partial charge < -0.3 is 9.64 Å². The molecule has 5 heteroatoms. The quantitative estimate of drug-likeness (QED) is 0.511. The van der Waals surface area contributed by atoms with E-state index in [2.05, 4.69) is 18.7 Å². The Labute approximate surface area is 159 Å². The highest BCUT2D eigenvalue weighted by Gasteiger charge is 2.18. The first-order valence-electron chi connectivity index (χ1n) is 9.34. The van der Waals surface area contributed by atoms with Crippen LogP contribution in [0.15, 0.2) is 36.5 Å². The minimum Gasteiger partial charge on any atom is -0.491 e. The molecule has 0 aliphatic carbocycles. The Morgan fingerprint density at radius 2 is 1.56 bits per heavy atom. The molecular weight excluding hydrogens is 351 g/mol. The molecule has 0 fully saturated rings. The normalized spacial score (nSPS) is 11.2. The molecule has 2 nitrogen and oxygen atoms in total. The molecule has 0 aliphatic rings. The highest BCUT2D eigenvalue weighted by Crippen LogP contribution is 2.31. The third-order valence-electron chi connectivity index (χ3n) is 4.13. The van der Waals surface area contributed by atoms with E-state index < -0.39 is 17.5 Å². The number of nitrogens with zero attached hydrogens (tertiary/aromatic N) is 1. The summed E-state index contributed by atoms with van der Waals surface area (Å²) in [4.78, 5) is 2.17. The first kappa shape index (κ1) is 20.9. The van der Waals surface area contributed by atoms with Crippen molar-refractivity contribution >= 4 is 6.08 Å². The smallest absolute Gasteiger partial charge is 0.201 e. The number of benzene rings is 2. The van der Waals surface area contributed by atoms with E-state index in [1.165, 1.54) is 24.3 Å². The predicted octanol–water partition coefficient (Wildman–Crippen LogP) is 6.26. The summed E-state index contributed by atoms with van der Waals surface area (Å²) >= 11 is 0. The van der Waals surface area contributed by atoms with Crippen molar-refractivity contribution in [2.24, 2.45) is 0 Å². The average Bonchev–Trinajstić information content (AvgIpc) is 2.65. The van der Waals surface area contributed by atoms with E-state index in [0.29, 0.717) is 5.56 Å². The lowest BCUT2D eigenvalue weighted by atomic mass is 10.0. The molecule has 0 saturated carbocycles.